The number of fused-ring (bicyclic) bond motifs is 4. The van der Waals surface area contributed by atoms with Crippen LogP contribution in [0.15, 0.2) is 42.5 Å². The average molecular weight is 298 g/mol. The fourth-order valence-corrected chi connectivity index (χ4v) is 4.16. The number of amides is 1. The van der Waals surface area contributed by atoms with Crippen molar-refractivity contribution in [1.29, 1.82) is 0 Å². The van der Waals surface area contributed by atoms with Crippen LogP contribution in [0.2, 0.25) is 5.02 Å². The molecular formula is C18H16ClNO. The molecule has 0 saturated carbocycles. The molecule has 0 saturated heterocycles. The van der Waals surface area contributed by atoms with Crippen LogP contribution in [0.5, 0.6) is 0 Å². The van der Waals surface area contributed by atoms with Crippen molar-refractivity contribution in [3.63, 3.8) is 0 Å². The minimum absolute atomic E-state index is 0.173. The standard InChI is InChI=1S/C18H16ClNO/c1-20-16-9-8-13(19)11-15(16)18(17(20)21)10-4-6-12-5-2-3-7-14(12)18/h2-3,5,7-9,11H,4,6,10H2,1H3. The second-order valence-corrected chi connectivity index (χ2v) is 6.38. The number of hydrogen-bond acceptors (Lipinski definition) is 1. The van der Waals surface area contributed by atoms with E-state index < -0.39 is 5.41 Å². The number of aryl methyl sites for hydroxylation is 1. The molecule has 2 aromatic carbocycles. The molecule has 1 heterocycles. The van der Waals surface area contributed by atoms with Gasteiger partial charge >= 0.3 is 0 Å². The third kappa shape index (κ3) is 1.57. The molecule has 106 valence electrons. The van der Waals surface area contributed by atoms with E-state index in [2.05, 4.69) is 18.2 Å². The summed E-state index contributed by atoms with van der Waals surface area (Å²) >= 11 is 6.22. The zero-order chi connectivity index (χ0) is 14.6. The summed E-state index contributed by atoms with van der Waals surface area (Å²) in [6, 6.07) is 14.1. The van der Waals surface area contributed by atoms with Crippen LogP contribution < -0.4 is 4.90 Å². The Morgan fingerprint density at radius 1 is 1.14 bits per heavy atom. The Kier molecular flexibility index (Phi) is 2.67. The number of halogens is 1. The van der Waals surface area contributed by atoms with Gasteiger partial charge in [0.05, 0.1) is 0 Å². The van der Waals surface area contributed by atoms with Crippen LogP contribution in [0.25, 0.3) is 0 Å². The number of carbonyl (C=O) groups is 1. The summed E-state index contributed by atoms with van der Waals surface area (Å²) in [5.41, 5.74) is 3.97. The summed E-state index contributed by atoms with van der Waals surface area (Å²) < 4.78 is 0. The van der Waals surface area contributed by atoms with Crippen molar-refractivity contribution in [3.8, 4) is 0 Å². The normalized spacial score (nSPS) is 23.3. The van der Waals surface area contributed by atoms with Gasteiger partial charge in [-0.1, -0.05) is 35.9 Å². The number of carbonyl (C=O) groups excluding carboxylic acids is 1. The van der Waals surface area contributed by atoms with Crippen molar-refractivity contribution in [2.24, 2.45) is 0 Å². The number of rotatable bonds is 0. The van der Waals surface area contributed by atoms with E-state index >= 15 is 0 Å². The van der Waals surface area contributed by atoms with Gasteiger partial charge in [-0.15, -0.1) is 0 Å². The Hall–Kier alpha value is -1.80. The van der Waals surface area contributed by atoms with Crippen molar-refractivity contribution in [2.45, 2.75) is 24.7 Å². The monoisotopic (exact) mass is 297 g/mol. The maximum atomic E-state index is 13.1. The highest BCUT2D eigenvalue weighted by molar-refractivity contribution is 6.31. The molecule has 1 aliphatic heterocycles. The molecule has 0 radical (unpaired) electrons. The maximum Gasteiger partial charge on any atom is 0.241 e. The lowest BCUT2D eigenvalue weighted by Crippen LogP contribution is -2.42. The Balaban J connectivity index is 2.06. The molecule has 21 heavy (non-hydrogen) atoms. The Bertz CT molecular complexity index is 755. The van der Waals surface area contributed by atoms with E-state index in [1.807, 2.05) is 31.3 Å². The van der Waals surface area contributed by atoms with Gasteiger partial charge in [-0.2, -0.15) is 0 Å². The number of anilines is 1. The molecule has 1 atom stereocenters. The predicted molar refractivity (Wildman–Crippen MR) is 85.0 cm³/mol. The molecule has 1 aliphatic carbocycles. The van der Waals surface area contributed by atoms with Gasteiger partial charge in [0.2, 0.25) is 5.91 Å². The molecule has 4 rings (SSSR count). The third-order valence-corrected chi connectivity index (χ3v) is 5.16. The van der Waals surface area contributed by atoms with Crippen molar-refractivity contribution in [3.05, 3.63) is 64.2 Å². The van der Waals surface area contributed by atoms with Crippen LogP contribution in [0.3, 0.4) is 0 Å². The molecule has 2 aliphatic rings. The maximum absolute atomic E-state index is 13.1. The average Bonchev–Trinajstić information content (AvgIpc) is 2.71. The first-order chi connectivity index (χ1) is 10.1. The molecule has 1 unspecified atom stereocenters. The quantitative estimate of drug-likeness (QED) is 0.721. The largest absolute Gasteiger partial charge is 0.314 e. The van der Waals surface area contributed by atoms with E-state index in [4.69, 9.17) is 11.6 Å². The van der Waals surface area contributed by atoms with Gasteiger partial charge in [-0.05, 0) is 54.2 Å². The first-order valence-electron chi connectivity index (χ1n) is 7.31. The molecule has 0 bridgehead atoms. The summed E-state index contributed by atoms with van der Waals surface area (Å²) in [6.45, 7) is 0. The van der Waals surface area contributed by atoms with Crippen molar-refractivity contribution in [1.82, 2.24) is 0 Å². The zero-order valence-electron chi connectivity index (χ0n) is 11.9. The topological polar surface area (TPSA) is 20.3 Å². The summed E-state index contributed by atoms with van der Waals surface area (Å²) in [7, 11) is 1.86. The summed E-state index contributed by atoms with van der Waals surface area (Å²) in [5, 5.41) is 0.694. The summed E-state index contributed by atoms with van der Waals surface area (Å²) in [5.74, 6) is 0.173. The number of likely N-dealkylation sites (N-methyl/N-ethyl adjacent to an activating group) is 1. The van der Waals surface area contributed by atoms with Gasteiger partial charge in [0.15, 0.2) is 0 Å². The van der Waals surface area contributed by atoms with Crippen LogP contribution >= 0.6 is 11.6 Å². The van der Waals surface area contributed by atoms with E-state index in [9.17, 15) is 4.79 Å². The zero-order valence-corrected chi connectivity index (χ0v) is 12.7. The number of hydrogen-bond donors (Lipinski definition) is 0. The molecule has 2 nitrogen and oxygen atoms in total. The number of benzene rings is 2. The second kappa shape index (κ2) is 4.35. The van der Waals surface area contributed by atoms with Gasteiger partial charge in [0, 0.05) is 17.8 Å². The summed E-state index contributed by atoms with van der Waals surface area (Å²) in [4.78, 5) is 14.9. The Labute approximate surface area is 129 Å². The SMILES string of the molecule is CN1C(=O)C2(CCCc3ccccc32)c2cc(Cl)ccc21. The molecule has 0 aromatic heterocycles. The minimum Gasteiger partial charge on any atom is -0.314 e. The molecule has 0 fully saturated rings. The lowest BCUT2D eigenvalue weighted by molar-refractivity contribution is -0.122. The third-order valence-electron chi connectivity index (χ3n) is 4.92. The highest BCUT2D eigenvalue weighted by Gasteiger charge is 2.52. The van der Waals surface area contributed by atoms with E-state index in [1.54, 1.807) is 4.90 Å². The highest BCUT2D eigenvalue weighted by atomic mass is 35.5. The van der Waals surface area contributed by atoms with Crippen molar-refractivity contribution < 1.29 is 4.79 Å². The van der Waals surface area contributed by atoms with E-state index in [0.29, 0.717) is 5.02 Å². The first-order valence-corrected chi connectivity index (χ1v) is 7.69. The van der Waals surface area contributed by atoms with E-state index in [-0.39, 0.29) is 5.91 Å². The fourth-order valence-electron chi connectivity index (χ4n) is 3.99. The summed E-state index contributed by atoms with van der Waals surface area (Å²) in [6.07, 6.45) is 2.94. The van der Waals surface area contributed by atoms with Crippen LogP contribution in [0.1, 0.15) is 29.5 Å². The molecule has 1 spiro atoms. The lowest BCUT2D eigenvalue weighted by atomic mass is 9.66. The molecule has 2 aromatic rings. The van der Waals surface area contributed by atoms with Gasteiger partial charge < -0.3 is 4.90 Å². The Morgan fingerprint density at radius 3 is 2.81 bits per heavy atom. The van der Waals surface area contributed by atoms with Crippen LogP contribution in [0.4, 0.5) is 5.69 Å². The van der Waals surface area contributed by atoms with Crippen LogP contribution in [0, 0.1) is 0 Å². The van der Waals surface area contributed by atoms with Crippen molar-refractivity contribution >= 4 is 23.2 Å². The highest BCUT2D eigenvalue weighted by Crippen LogP contribution is 2.52. The molecule has 3 heteroatoms. The predicted octanol–water partition coefficient (Wildman–Crippen LogP) is 3.94. The van der Waals surface area contributed by atoms with Crippen molar-refractivity contribution in [2.75, 3.05) is 11.9 Å². The van der Waals surface area contributed by atoms with Crippen LogP contribution in [-0.2, 0) is 16.6 Å². The smallest absolute Gasteiger partial charge is 0.241 e. The van der Waals surface area contributed by atoms with Gasteiger partial charge in [-0.3, -0.25) is 4.79 Å². The van der Waals surface area contributed by atoms with E-state index in [0.717, 1.165) is 36.1 Å². The molecule has 1 amide bonds. The van der Waals surface area contributed by atoms with Gasteiger partial charge in [-0.25, -0.2) is 0 Å². The first kappa shape index (κ1) is 12.9. The second-order valence-electron chi connectivity index (χ2n) is 5.94. The lowest BCUT2D eigenvalue weighted by Gasteiger charge is -2.34. The van der Waals surface area contributed by atoms with Gasteiger partial charge in [0.25, 0.3) is 0 Å². The number of nitrogens with zero attached hydrogens (tertiary/aromatic N) is 1. The minimum atomic E-state index is -0.538. The molecular weight excluding hydrogens is 282 g/mol. The van der Waals surface area contributed by atoms with E-state index in [1.165, 1.54) is 5.56 Å². The Morgan fingerprint density at radius 2 is 1.95 bits per heavy atom. The fraction of sp³-hybridized carbons (Fsp3) is 0.278. The van der Waals surface area contributed by atoms with Crippen LogP contribution in [-0.4, -0.2) is 13.0 Å². The molecule has 0 N–H and O–H groups in total. The van der Waals surface area contributed by atoms with Gasteiger partial charge in [0.1, 0.15) is 5.41 Å².